The first-order valence-electron chi connectivity index (χ1n) is 9.98. The van der Waals surface area contributed by atoms with Crippen molar-refractivity contribution < 1.29 is 23.1 Å². The molecule has 0 bridgehead atoms. The largest absolute Gasteiger partial charge is 0.457 e. The summed E-state index contributed by atoms with van der Waals surface area (Å²) in [5.41, 5.74) is 1.15. The molecule has 31 heavy (non-hydrogen) atoms. The highest BCUT2D eigenvalue weighted by Gasteiger charge is 2.35. The number of benzene rings is 1. The molecule has 0 fully saturated rings. The average Bonchev–Trinajstić information content (AvgIpc) is 3.20. The molecule has 0 saturated carbocycles. The Morgan fingerprint density at radius 3 is 2.52 bits per heavy atom. The molecule has 0 spiro atoms. The van der Waals surface area contributed by atoms with Gasteiger partial charge in [0, 0.05) is 24.3 Å². The quantitative estimate of drug-likeness (QED) is 0.373. The Balaban J connectivity index is 1.88. The first-order chi connectivity index (χ1) is 14.8. The summed E-state index contributed by atoms with van der Waals surface area (Å²) in [7, 11) is 0. The topological polar surface area (TPSA) is 83.5 Å². The van der Waals surface area contributed by atoms with Gasteiger partial charge in [0.1, 0.15) is 29.0 Å². The summed E-state index contributed by atoms with van der Waals surface area (Å²) >= 11 is 0. The Bertz CT molecular complexity index is 1090. The second kappa shape index (κ2) is 9.54. The van der Waals surface area contributed by atoms with Crippen molar-refractivity contribution in [1.82, 2.24) is 4.90 Å². The van der Waals surface area contributed by atoms with Crippen LogP contribution in [0.5, 0.6) is 0 Å². The lowest BCUT2D eigenvalue weighted by atomic mass is 9.94. The van der Waals surface area contributed by atoms with Crippen molar-refractivity contribution in [2.45, 2.75) is 33.3 Å². The normalized spacial score (nSPS) is 15.9. The smallest absolute Gasteiger partial charge is 0.271 e. The molecule has 160 valence electrons. The van der Waals surface area contributed by atoms with Crippen LogP contribution in [0.15, 0.2) is 57.5 Å². The molecule has 0 radical (unpaired) electrons. The maximum absolute atomic E-state index is 13.1. The number of nitriles is 1. The number of amides is 2. The van der Waals surface area contributed by atoms with Crippen LogP contribution in [-0.2, 0) is 14.3 Å². The zero-order valence-corrected chi connectivity index (χ0v) is 17.6. The number of carbonyl (C=O) groups is 2. The average molecular weight is 422 g/mol. The Kier molecular flexibility index (Phi) is 6.83. The van der Waals surface area contributed by atoms with Gasteiger partial charge in [0.2, 0.25) is 0 Å². The lowest BCUT2D eigenvalue weighted by Crippen LogP contribution is -2.43. The molecule has 0 N–H and O–H groups in total. The van der Waals surface area contributed by atoms with Crippen molar-refractivity contribution in [2.24, 2.45) is 0 Å². The van der Waals surface area contributed by atoms with E-state index in [1.54, 1.807) is 31.2 Å². The zero-order chi connectivity index (χ0) is 22.5. The number of carbonyl (C=O) groups excluding carboxylic acids is 2. The lowest BCUT2D eigenvalue weighted by Gasteiger charge is -2.27. The number of imide groups is 1. The van der Waals surface area contributed by atoms with E-state index in [1.165, 1.54) is 18.2 Å². The van der Waals surface area contributed by atoms with E-state index in [9.17, 15) is 19.2 Å². The molecule has 0 aliphatic carbocycles. The third-order valence-electron chi connectivity index (χ3n) is 4.84. The maximum Gasteiger partial charge on any atom is 0.271 e. The molecule has 2 aromatic rings. The van der Waals surface area contributed by atoms with E-state index < -0.39 is 11.8 Å². The molecule has 1 aromatic heterocycles. The van der Waals surface area contributed by atoms with Gasteiger partial charge in [-0.3, -0.25) is 14.5 Å². The SMILES string of the molecule is CC1=C(C#N)C(=O)N(CCCOC(C)C)C(=O)/C1=C/c1ccc(-c2ccc(F)cc2)o1. The standard InChI is InChI=1S/C24H23FN2O4/c1-15(2)30-12-4-11-27-23(28)20(16(3)21(14-26)24(27)29)13-19-9-10-22(31-19)17-5-7-18(25)8-6-17/h5-10,13,15H,4,11-12H2,1-3H3/b20-13+. The van der Waals surface area contributed by atoms with E-state index in [4.69, 9.17) is 9.15 Å². The van der Waals surface area contributed by atoms with Crippen LogP contribution < -0.4 is 0 Å². The van der Waals surface area contributed by atoms with Gasteiger partial charge in [0.05, 0.1) is 6.10 Å². The van der Waals surface area contributed by atoms with Crippen molar-refractivity contribution >= 4 is 17.9 Å². The van der Waals surface area contributed by atoms with Gasteiger partial charge in [-0.05, 0) is 75.2 Å². The highest BCUT2D eigenvalue weighted by Crippen LogP contribution is 2.29. The fraction of sp³-hybridized carbons (Fsp3) is 0.292. The molecule has 6 nitrogen and oxygen atoms in total. The molecule has 0 unspecified atom stereocenters. The highest BCUT2D eigenvalue weighted by molar-refractivity contribution is 6.19. The summed E-state index contributed by atoms with van der Waals surface area (Å²) in [6, 6.07) is 11.2. The van der Waals surface area contributed by atoms with E-state index in [-0.39, 0.29) is 29.6 Å². The van der Waals surface area contributed by atoms with Crippen LogP contribution in [0, 0.1) is 17.1 Å². The summed E-state index contributed by atoms with van der Waals surface area (Å²) in [6.45, 7) is 5.93. The van der Waals surface area contributed by atoms with Crippen molar-refractivity contribution in [3.8, 4) is 17.4 Å². The van der Waals surface area contributed by atoms with Crippen molar-refractivity contribution in [1.29, 1.82) is 5.26 Å². The molecule has 7 heteroatoms. The second-order valence-corrected chi connectivity index (χ2v) is 7.41. The van der Waals surface area contributed by atoms with Crippen molar-refractivity contribution in [3.05, 3.63) is 64.7 Å². The van der Waals surface area contributed by atoms with Crippen LogP contribution >= 0.6 is 0 Å². The Labute approximate surface area is 180 Å². The van der Waals surface area contributed by atoms with Gasteiger partial charge in [-0.25, -0.2) is 4.39 Å². The van der Waals surface area contributed by atoms with E-state index in [1.807, 2.05) is 19.9 Å². The van der Waals surface area contributed by atoms with Gasteiger partial charge in [-0.15, -0.1) is 0 Å². The summed E-state index contributed by atoms with van der Waals surface area (Å²) in [6.07, 6.45) is 2.04. The number of ether oxygens (including phenoxy) is 1. The van der Waals surface area contributed by atoms with Crippen LogP contribution in [0.2, 0.25) is 0 Å². The molecule has 2 heterocycles. The summed E-state index contributed by atoms with van der Waals surface area (Å²) in [4.78, 5) is 26.7. The fourth-order valence-corrected chi connectivity index (χ4v) is 3.22. The third-order valence-corrected chi connectivity index (χ3v) is 4.84. The molecule has 1 aliphatic heterocycles. The minimum absolute atomic E-state index is 0.0503. The van der Waals surface area contributed by atoms with Gasteiger partial charge in [0.25, 0.3) is 11.8 Å². The number of nitrogens with zero attached hydrogens (tertiary/aromatic N) is 2. The molecule has 0 atom stereocenters. The number of hydrogen-bond acceptors (Lipinski definition) is 5. The van der Waals surface area contributed by atoms with Gasteiger partial charge < -0.3 is 9.15 Å². The molecule has 1 aliphatic rings. The number of halogens is 1. The summed E-state index contributed by atoms with van der Waals surface area (Å²) in [5.74, 6) is -0.532. The van der Waals surface area contributed by atoms with Crippen LogP contribution in [0.1, 0.15) is 33.0 Å². The van der Waals surface area contributed by atoms with Crippen LogP contribution in [-0.4, -0.2) is 36.0 Å². The summed E-state index contributed by atoms with van der Waals surface area (Å²) in [5, 5.41) is 9.47. The first kappa shape index (κ1) is 22.2. The third kappa shape index (κ3) is 4.98. The van der Waals surface area contributed by atoms with Crippen LogP contribution in [0.4, 0.5) is 4.39 Å². The fourth-order valence-electron chi connectivity index (χ4n) is 3.22. The maximum atomic E-state index is 13.1. The highest BCUT2D eigenvalue weighted by atomic mass is 19.1. The second-order valence-electron chi connectivity index (χ2n) is 7.41. The van der Waals surface area contributed by atoms with Crippen molar-refractivity contribution in [3.63, 3.8) is 0 Å². The predicted molar refractivity (Wildman–Crippen MR) is 113 cm³/mol. The minimum Gasteiger partial charge on any atom is -0.457 e. The number of rotatable bonds is 7. The molecule has 1 aromatic carbocycles. The lowest BCUT2D eigenvalue weighted by molar-refractivity contribution is -0.140. The molecule has 0 saturated heterocycles. The van der Waals surface area contributed by atoms with Gasteiger partial charge in [0.15, 0.2) is 0 Å². The van der Waals surface area contributed by atoms with E-state index >= 15 is 0 Å². The Morgan fingerprint density at radius 2 is 1.87 bits per heavy atom. The molecular weight excluding hydrogens is 399 g/mol. The first-order valence-corrected chi connectivity index (χ1v) is 9.98. The van der Waals surface area contributed by atoms with Gasteiger partial charge in [-0.2, -0.15) is 5.26 Å². The Hall–Kier alpha value is -3.50. The molecule has 2 amide bonds. The van der Waals surface area contributed by atoms with Gasteiger partial charge in [-0.1, -0.05) is 0 Å². The Morgan fingerprint density at radius 1 is 1.16 bits per heavy atom. The molecule has 3 rings (SSSR count). The predicted octanol–water partition coefficient (Wildman–Crippen LogP) is 4.49. The zero-order valence-electron chi connectivity index (χ0n) is 17.6. The van der Waals surface area contributed by atoms with Gasteiger partial charge >= 0.3 is 0 Å². The number of hydrogen-bond donors (Lipinski definition) is 0. The van der Waals surface area contributed by atoms with E-state index in [0.29, 0.717) is 35.7 Å². The minimum atomic E-state index is -0.599. The van der Waals surface area contributed by atoms with E-state index in [2.05, 4.69) is 0 Å². The van der Waals surface area contributed by atoms with E-state index in [0.717, 1.165) is 4.90 Å². The summed E-state index contributed by atoms with van der Waals surface area (Å²) < 4.78 is 24.4. The monoisotopic (exact) mass is 422 g/mol. The van der Waals surface area contributed by atoms with Crippen LogP contribution in [0.25, 0.3) is 17.4 Å². The van der Waals surface area contributed by atoms with Crippen molar-refractivity contribution in [2.75, 3.05) is 13.2 Å². The molecular formula is C24H23FN2O4. The van der Waals surface area contributed by atoms with Crippen LogP contribution in [0.3, 0.4) is 0 Å². The number of furan rings is 1.